The van der Waals surface area contributed by atoms with E-state index in [-0.39, 0.29) is 12.3 Å². The van der Waals surface area contributed by atoms with Gasteiger partial charge in [-0.15, -0.1) is 0 Å². The molecule has 6 nitrogen and oxygen atoms in total. The van der Waals surface area contributed by atoms with E-state index in [1.54, 1.807) is 6.07 Å². The molecule has 1 aromatic carbocycles. The third kappa shape index (κ3) is 3.32. The summed E-state index contributed by atoms with van der Waals surface area (Å²) in [5.41, 5.74) is 6.95. The Morgan fingerprint density at radius 2 is 2.24 bits per heavy atom. The highest BCUT2D eigenvalue weighted by molar-refractivity contribution is 5.70. The molecule has 0 aliphatic carbocycles. The standard InChI is InChI=1S/C11H17N3O3/c1-2-13(6-3-7-15)11-5-4-9(14(16)17)8-10(11)12/h4-5,8,15H,2-3,6-7,12H2,1H3. The predicted octanol–water partition coefficient (Wildman–Crippen LogP) is 1.39. The molecule has 0 radical (unpaired) electrons. The maximum Gasteiger partial charge on any atom is 0.271 e. The fraction of sp³-hybridized carbons (Fsp3) is 0.455. The molecule has 0 atom stereocenters. The lowest BCUT2D eigenvalue weighted by molar-refractivity contribution is -0.384. The summed E-state index contributed by atoms with van der Waals surface area (Å²) in [5, 5.41) is 19.4. The van der Waals surface area contributed by atoms with Crippen molar-refractivity contribution in [2.75, 3.05) is 30.3 Å². The van der Waals surface area contributed by atoms with Gasteiger partial charge in [-0.2, -0.15) is 0 Å². The number of aliphatic hydroxyl groups is 1. The first kappa shape index (κ1) is 13.2. The van der Waals surface area contributed by atoms with Gasteiger partial charge in [0.15, 0.2) is 0 Å². The lowest BCUT2D eigenvalue weighted by Gasteiger charge is -2.24. The van der Waals surface area contributed by atoms with Crippen LogP contribution in [0.4, 0.5) is 17.1 Å². The van der Waals surface area contributed by atoms with E-state index in [2.05, 4.69) is 0 Å². The zero-order valence-electron chi connectivity index (χ0n) is 9.80. The molecule has 0 fully saturated rings. The Bertz CT molecular complexity index is 396. The van der Waals surface area contributed by atoms with Gasteiger partial charge in [-0.3, -0.25) is 10.1 Å². The van der Waals surface area contributed by atoms with Gasteiger partial charge in [0.1, 0.15) is 0 Å². The average molecular weight is 239 g/mol. The number of non-ortho nitro benzene ring substituents is 1. The molecule has 3 N–H and O–H groups in total. The van der Waals surface area contributed by atoms with Crippen molar-refractivity contribution in [1.82, 2.24) is 0 Å². The van der Waals surface area contributed by atoms with Crippen LogP contribution >= 0.6 is 0 Å². The first-order chi connectivity index (χ1) is 8.10. The number of aliphatic hydroxyl groups excluding tert-OH is 1. The van der Waals surface area contributed by atoms with Crippen molar-refractivity contribution < 1.29 is 10.0 Å². The first-order valence-corrected chi connectivity index (χ1v) is 5.49. The van der Waals surface area contributed by atoms with Crippen LogP contribution in [0.25, 0.3) is 0 Å². The predicted molar refractivity (Wildman–Crippen MR) is 67.1 cm³/mol. The van der Waals surface area contributed by atoms with Crippen LogP contribution in [0.5, 0.6) is 0 Å². The van der Waals surface area contributed by atoms with Crippen LogP contribution in [-0.2, 0) is 0 Å². The van der Waals surface area contributed by atoms with Crippen LogP contribution in [0.15, 0.2) is 18.2 Å². The number of rotatable bonds is 6. The zero-order valence-corrected chi connectivity index (χ0v) is 9.80. The van der Waals surface area contributed by atoms with Crippen molar-refractivity contribution in [2.45, 2.75) is 13.3 Å². The van der Waals surface area contributed by atoms with Crippen molar-refractivity contribution in [2.24, 2.45) is 0 Å². The fourth-order valence-electron chi connectivity index (χ4n) is 1.65. The van der Waals surface area contributed by atoms with Gasteiger partial charge in [-0.25, -0.2) is 0 Å². The molecule has 0 saturated carbocycles. The highest BCUT2D eigenvalue weighted by atomic mass is 16.6. The highest BCUT2D eigenvalue weighted by Gasteiger charge is 2.12. The van der Waals surface area contributed by atoms with Crippen LogP contribution in [-0.4, -0.2) is 29.7 Å². The van der Waals surface area contributed by atoms with E-state index in [1.807, 2.05) is 11.8 Å². The topological polar surface area (TPSA) is 92.6 Å². The first-order valence-electron chi connectivity index (χ1n) is 5.49. The molecule has 1 aromatic rings. The lowest BCUT2D eigenvalue weighted by Crippen LogP contribution is -2.25. The Morgan fingerprint density at radius 1 is 1.53 bits per heavy atom. The molecule has 17 heavy (non-hydrogen) atoms. The van der Waals surface area contributed by atoms with Crippen molar-refractivity contribution >= 4 is 17.1 Å². The van der Waals surface area contributed by atoms with Gasteiger partial charge in [0, 0.05) is 31.8 Å². The summed E-state index contributed by atoms with van der Waals surface area (Å²) < 4.78 is 0. The van der Waals surface area contributed by atoms with Gasteiger partial charge in [0.05, 0.1) is 16.3 Å². The van der Waals surface area contributed by atoms with E-state index < -0.39 is 4.92 Å². The lowest BCUT2D eigenvalue weighted by atomic mass is 10.2. The van der Waals surface area contributed by atoms with Crippen LogP contribution in [0.1, 0.15) is 13.3 Å². The van der Waals surface area contributed by atoms with Gasteiger partial charge in [0.25, 0.3) is 5.69 Å². The van der Waals surface area contributed by atoms with Gasteiger partial charge < -0.3 is 15.7 Å². The Hall–Kier alpha value is -1.82. The number of hydrogen-bond donors (Lipinski definition) is 2. The molecule has 0 saturated heterocycles. The molecule has 0 amide bonds. The van der Waals surface area contributed by atoms with Crippen LogP contribution in [0.3, 0.4) is 0 Å². The molecular weight excluding hydrogens is 222 g/mol. The quantitative estimate of drug-likeness (QED) is 0.444. The molecule has 6 heteroatoms. The molecule has 0 spiro atoms. The van der Waals surface area contributed by atoms with Gasteiger partial charge >= 0.3 is 0 Å². The average Bonchev–Trinajstić information content (AvgIpc) is 2.31. The van der Waals surface area contributed by atoms with E-state index in [1.165, 1.54) is 12.1 Å². The summed E-state index contributed by atoms with van der Waals surface area (Å²) in [6.07, 6.45) is 0.643. The minimum absolute atomic E-state index is 0.00976. The largest absolute Gasteiger partial charge is 0.397 e. The van der Waals surface area contributed by atoms with Crippen LogP contribution < -0.4 is 10.6 Å². The van der Waals surface area contributed by atoms with E-state index in [0.29, 0.717) is 18.7 Å². The second-order valence-electron chi connectivity index (χ2n) is 3.66. The van der Waals surface area contributed by atoms with Crippen LogP contribution in [0, 0.1) is 10.1 Å². The smallest absolute Gasteiger partial charge is 0.271 e. The summed E-state index contributed by atoms with van der Waals surface area (Å²) in [7, 11) is 0. The molecular formula is C11H17N3O3. The van der Waals surface area contributed by atoms with Crippen LogP contribution in [0.2, 0.25) is 0 Å². The molecule has 0 unspecified atom stereocenters. The number of nitrogen functional groups attached to an aromatic ring is 1. The fourth-order valence-corrected chi connectivity index (χ4v) is 1.65. The maximum absolute atomic E-state index is 10.6. The molecule has 0 aliphatic heterocycles. The summed E-state index contributed by atoms with van der Waals surface area (Å²) in [5.74, 6) is 0. The number of anilines is 2. The number of nitrogens with two attached hydrogens (primary N) is 1. The van der Waals surface area contributed by atoms with E-state index >= 15 is 0 Å². The van der Waals surface area contributed by atoms with Gasteiger partial charge in [-0.1, -0.05) is 0 Å². The summed E-state index contributed by atoms with van der Waals surface area (Å²) >= 11 is 0. The monoisotopic (exact) mass is 239 g/mol. The van der Waals surface area contributed by atoms with Crippen molar-refractivity contribution in [3.8, 4) is 0 Å². The van der Waals surface area contributed by atoms with Crippen molar-refractivity contribution in [3.05, 3.63) is 28.3 Å². The third-order valence-corrected chi connectivity index (χ3v) is 2.53. The number of nitrogens with zero attached hydrogens (tertiary/aromatic N) is 2. The molecule has 0 bridgehead atoms. The normalized spacial score (nSPS) is 10.2. The van der Waals surface area contributed by atoms with Gasteiger partial charge in [0.2, 0.25) is 0 Å². The minimum Gasteiger partial charge on any atom is -0.397 e. The SMILES string of the molecule is CCN(CCCO)c1ccc([N+](=O)[O-])cc1N. The number of benzene rings is 1. The summed E-state index contributed by atoms with van der Waals surface area (Å²) in [4.78, 5) is 12.1. The zero-order chi connectivity index (χ0) is 12.8. The second kappa shape index (κ2) is 6.05. The third-order valence-electron chi connectivity index (χ3n) is 2.53. The molecule has 0 aliphatic rings. The Labute approximate surface area is 99.8 Å². The minimum atomic E-state index is -0.468. The molecule has 1 rings (SSSR count). The van der Waals surface area contributed by atoms with Gasteiger partial charge in [-0.05, 0) is 19.4 Å². The molecule has 0 aromatic heterocycles. The molecule has 94 valence electrons. The van der Waals surface area contributed by atoms with Crippen molar-refractivity contribution in [1.29, 1.82) is 0 Å². The van der Waals surface area contributed by atoms with Crippen molar-refractivity contribution in [3.63, 3.8) is 0 Å². The molecule has 0 heterocycles. The number of hydrogen-bond acceptors (Lipinski definition) is 5. The Balaban J connectivity index is 2.92. The maximum atomic E-state index is 10.6. The Kier molecular flexibility index (Phi) is 4.71. The number of nitro groups is 1. The van der Waals surface area contributed by atoms with E-state index in [9.17, 15) is 10.1 Å². The summed E-state index contributed by atoms with van der Waals surface area (Å²) in [6, 6.07) is 4.44. The van der Waals surface area contributed by atoms with E-state index in [4.69, 9.17) is 10.8 Å². The van der Waals surface area contributed by atoms with E-state index in [0.717, 1.165) is 12.2 Å². The number of nitro benzene ring substituents is 1. The Morgan fingerprint density at radius 3 is 2.71 bits per heavy atom. The highest BCUT2D eigenvalue weighted by Crippen LogP contribution is 2.27. The summed E-state index contributed by atoms with van der Waals surface area (Å²) in [6.45, 7) is 3.50. The second-order valence-corrected chi connectivity index (χ2v) is 3.66.